The molecule has 2 heteroatoms. The van der Waals surface area contributed by atoms with Crippen LogP contribution in [-0.2, 0) is 0 Å². The van der Waals surface area contributed by atoms with Crippen LogP contribution in [0.3, 0.4) is 0 Å². The van der Waals surface area contributed by atoms with Gasteiger partial charge >= 0.3 is 0 Å². The fourth-order valence-electron chi connectivity index (χ4n) is 5.07. The number of hydrogen-bond donors (Lipinski definition) is 0. The molecule has 0 saturated heterocycles. The number of rotatable bonds is 5. The summed E-state index contributed by atoms with van der Waals surface area (Å²) in [6, 6.07) is 53.8. The second kappa shape index (κ2) is 11.0. The number of nitriles is 2. The minimum atomic E-state index is 0.642. The van der Waals surface area contributed by atoms with Crippen LogP contribution in [0.25, 0.3) is 55.6 Å². The molecule has 6 aromatic rings. The summed E-state index contributed by atoms with van der Waals surface area (Å²) in [4.78, 5) is 0. The summed E-state index contributed by atoms with van der Waals surface area (Å²) in [5.74, 6) is 0. The van der Waals surface area contributed by atoms with E-state index in [0.29, 0.717) is 11.1 Å². The first-order valence-corrected chi connectivity index (χ1v) is 13.1. The largest absolute Gasteiger partial charge is 0.192 e. The van der Waals surface area contributed by atoms with Crippen LogP contribution in [-0.4, -0.2) is 0 Å². The van der Waals surface area contributed by atoms with Crippen molar-refractivity contribution in [2.45, 2.75) is 0 Å². The maximum atomic E-state index is 9.68. The van der Waals surface area contributed by atoms with Gasteiger partial charge in [-0.15, -0.1) is 0 Å². The van der Waals surface area contributed by atoms with Crippen LogP contribution < -0.4 is 0 Å². The van der Waals surface area contributed by atoms with Gasteiger partial charge in [-0.2, -0.15) is 10.5 Å². The standard InChI is InChI=1S/C38H24N2/c39-25-27-20-36(28-8-3-1-4-9-28)23-37(21-27)33-13-7-12-32(22-33)29-14-16-30(17-15-29)34-18-19-35(26-40)38(24-34)31-10-5-2-6-11-31/h1-24H. The zero-order valence-electron chi connectivity index (χ0n) is 21.8. The van der Waals surface area contributed by atoms with Gasteiger partial charge in [0.1, 0.15) is 0 Å². The molecule has 0 N–H and O–H groups in total. The Morgan fingerprint density at radius 2 is 0.775 bits per heavy atom. The lowest BCUT2D eigenvalue weighted by Crippen LogP contribution is -1.88. The van der Waals surface area contributed by atoms with E-state index in [1.54, 1.807) is 0 Å². The first kappa shape index (κ1) is 24.6. The molecule has 6 rings (SSSR count). The molecule has 0 amide bonds. The Labute approximate surface area is 234 Å². The Kier molecular flexibility index (Phi) is 6.75. The summed E-state index contributed by atoms with van der Waals surface area (Å²) in [5, 5.41) is 19.3. The quantitative estimate of drug-likeness (QED) is 0.233. The molecular formula is C38H24N2. The van der Waals surface area contributed by atoms with E-state index in [-0.39, 0.29) is 0 Å². The Morgan fingerprint density at radius 1 is 0.325 bits per heavy atom. The minimum Gasteiger partial charge on any atom is -0.192 e. The van der Waals surface area contributed by atoms with E-state index in [1.165, 1.54) is 0 Å². The van der Waals surface area contributed by atoms with E-state index < -0.39 is 0 Å². The van der Waals surface area contributed by atoms with Crippen LogP contribution in [0, 0.1) is 22.7 Å². The van der Waals surface area contributed by atoms with Crippen LogP contribution in [0.4, 0.5) is 0 Å². The van der Waals surface area contributed by atoms with Gasteiger partial charge in [0.25, 0.3) is 0 Å². The second-order valence-electron chi connectivity index (χ2n) is 9.67. The zero-order chi connectivity index (χ0) is 27.3. The lowest BCUT2D eigenvalue weighted by molar-refractivity contribution is 1.47. The van der Waals surface area contributed by atoms with Gasteiger partial charge in [0.05, 0.1) is 23.3 Å². The fraction of sp³-hybridized carbons (Fsp3) is 0. The molecule has 186 valence electrons. The summed E-state index contributed by atoms with van der Waals surface area (Å²) in [6.07, 6.45) is 0. The summed E-state index contributed by atoms with van der Waals surface area (Å²) in [6.45, 7) is 0. The van der Waals surface area contributed by atoms with E-state index in [4.69, 9.17) is 0 Å². The number of nitrogens with zero attached hydrogens (tertiary/aromatic N) is 2. The lowest BCUT2D eigenvalue weighted by Gasteiger charge is -2.11. The van der Waals surface area contributed by atoms with Gasteiger partial charge in [0, 0.05) is 5.56 Å². The van der Waals surface area contributed by atoms with Crippen molar-refractivity contribution < 1.29 is 0 Å². The van der Waals surface area contributed by atoms with Crippen molar-refractivity contribution in [3.8, 4) is 67.8 Å². The third kappa shape index (κ3) is 5.03. The molecule has 40 heavy (non-hydrogen) atoms. The average Bonchev–Trinajstić information content (AvgIpc) is 3.05. The SMILES string of the molecule is N#Cc1cc(-c2ccccc2)cc(-c2cccc(-c3ccc(-c4ccc(C#N)c(-c5ccccc5)c4)cc3)c2)c1. The number of hydrogen-bond acceptors (Lipinski definition) is 2. The molecule has 6 aromatic carbocycles. The minimum absolute atomic E-state index is 0.642. The highest BCUT2D eigenvalue weighted by Crippen LogP contribution is 2.33. The number of benzene rings is 6. The topological polar surface area (TPSA) is 47.6 Å². The first-order chi connectivity index (χ1) is 19.7. The highest BCUT2D eigenvalue weighted by molar-refractivity contribution is 5.81. The smallest absolute Gasteiger partial charge is 0.0998 e. The maximum Gasteiger partial charge on any atom is 0.0998 e. The Balaban J connectivity index is 1.33. The third-order valence-electron chi connectivity index (χ3n) is 7.14. The second-order valence-corrected chi connectivity index (χ2v) is 9.67. The molecule has 0 saturated carbocycles. The van der Waals surface area contributed by atoms with E-state index in [0.717, 1.165) is 55.6 Å². The van der Waals surface area contributed by atoms with E-state index in [9.17, 15) is 10.5 Å². The third-order valence-corrected chi connectivity index (χ3v) is 7.14. The predicted molar refractivity (Wildman–Crippen MR) is 163 cm³/mol. The van der Waals surface area contributed by atoms with Gasteiger partial charge in [0.2, 0.25) is 0 Å². The van der Waals surface area contributed by atoms with E-state index in [2.05, 4.69) is 84.9 Å². The molecule has 0 aliphatic heterocycles. The van der Waals surface area contributed by atoms with Crippen molar-refractivity contribution in [1.82, 2.24) is 0 Å². The van der Waals surface area contributed by atoms with Crippen LogP contribution in [0.15, 0.2) is 146 Å². The molecule has 0 aromatic heterocycles. The summed E-state index contributed by atoms with van der Waals surface area (Å²) >= 11 is 0. The molecule has 0 atom stereocenters. The van der Waals surface area contributed by atoms with Crippen LogP contribution in [0.2, 0.25) is 0 Å². The van der Waals surface area contributed by atoms with Crippen molar-refractivity contribution in [3.05, 3.63) is 157 Å². The van der Waals surface area contributed by atoms with E-state index >= 15 is 0 Å². The van der Waals surface area contributed by atoms with Crippen molar-refractivity contribution in [1.29, 1.82) is 10.5 Å². The molecule has 2 nitrogen and oxygen atoms in total. The molecule has 0 fully saturated rings. The summed E-state index contributed by atoms with van der Waals surface area (Å²) in [7, 11) is 0. The van der Waals surface area contributed by atoms with Gasteiger partial charge in [-0.1, -0.05) is 109 Å². The molecule has 0 heterocycles. The van der Waals surface area contributed by atoms with Gasteiger partial charge in [-0.05, 0) is 86.5 Å². The van der Waals surface area contributed by atoms with E-state index in [1.807, 2.05) is 72.8 Å². The van der Waals surface area contributed by atoms with Gasteiger partial charge in [-0.25, -0.2) is 0 Å². The predicted octanol–water partition coefficient (Wildman–Crippen LogP) is 9.76. The Bertz CT molecular complexity index is 1890. The molecular weight excluding hydrogens is 484 g/mol. The summed E-state index contributed by atoms with van der Waals surface area (Å²) in [5.41, 5.74) is 11.9. The molecule has 0 spiro atoms. The average molecular weight is 509 g/mol. The van der Waals surface area contributed by atoms with Crippen LogP contribution in [0.1, 0.15) is 11.1 Å². The molecule has 0 radical (unpaired) electrons. The van der Waals surface area contributed by atoms with Crippen molar-refractivity contribution >= 4 is 0 Å². The zero-order valence-corrected chi connectivity index (χ0v) is 21.8. The van der Waals surface area contributed by atoms with Gasteiger partial charge < -0.3 is 0 Å². The molecule has 0 aliphatic rings. The first-order valence-electron chi connectivity index (χ1n) is 13.1. The Morgan fingerprint density at radius 3 is 1.38 bits per heavy atom. The van der Waals surface area contributed by atoms with Crippen molar-refractivity contribution in [2.24, 2.45) is 0 Å². The fourth-order valence-corrected chi connectivity index (χ4v) is 5.07. The van der Waals surface area contributed by atoms with Crippen LogP contribution in [0.5, 0.6) is 0 Å². The molecule has 0 unspecified atom stereocenters. The summed E-state index contributed by atoms with van der Waals surface area (Å²) < 4.78 is 0. The molecule has 0 aliphatic carbocycles. The van der Waals surface area contributed by atoms with Crippen molar-refractivity contribution in [3.63, 3.8) is 0 Å². The monoisotopic (exact) mass is 508 g/mol. The Hall–Kier alpha value is -5.70. The van der Waals surface area contributed by atoms with Crippen LogP contribution >= 0.6 is 0 Å². The normalized spacial score (nSPS) is 10.4. The lowest BCUT2D eigenvalue weighted by atomic mass is 9.93. The highest BCUT2D eigenvalue weighted by atomic mass is 14.3. The van der Waals surface area contributed by atoms with Gasteiger partial charge in [0.15, 0.2) is 0 Å². The van der Waals surface area contributed by atoms with Gasteiger partial charge in [-0.3, -0.25) is 0 Å². The maximum absolute atomic E-state index is 9.68. The highest BCUT2D eigenvalue weighted by Gasteiger charge is 2.10. The van der Waals surface area contributed by atoms with Crippen molar-refractivity contribution in [2.75, 3.05) is 0 Å². The molecule has 0 bridgehead atoms.